The van der Waals surface area contributed by atoms with E-state index in [0.29, 0.717) is 30.5 Å². The van der Waals surface area contributed by atoms with Gasteiger partial charge in [0, 0.05) is 11.8 Å². The highest BCUT2D eigenvalue weighted by atomic mass is 16.4. The molecule has 6 unspecified atom stereocenters. The molecule has 0 aromatic rings. The second-order valence-electron chi connectivity index (χ2n) is 9.28. The van der Waals surface area contributed by atoms with Crippen LogP contribution in [0.15, 0.2) is 12.2 Å². The highest BCUT2D eigenvalue weighted by Crippen LogP contribution is 2.70. The van der Waals surface area contributed by atoms with Gasteiger partial charge in [0.2, 0.25) is 0 Å². The summed E-state index contributed by atoms with van der Waals surface area (Å²) in [7, 11) is 0. The van der Waals surface area contributed by atoms with Gasteiger partial charge in [-0.15, -0.1) is 0 Å². The van der Waals surface area contributed by atoms with Gasteiger partial charge in [0.25, 0.3) is 0 Å². The van der Waals surface area contributed by atoms with Crippen LogP contribution in [-0.2, 0) is 9.59 Å². The number of carbonyl (C=O) groups excluding carboxylic acids is 1. The summed E-state index contributed by atoms with van der Waals surface area (Å²) in [5, 5.41) is 9.88. The van der Waals surface area contributed by atoms with Crippen LogP contribution in [0.3, 0.4) is 0 Å². The number of allylic oxidation sites excluding steroid dienone is 1. The fraction of sp³-hybridized carbons (Fsp3) is 0.800. The number of fused-ring (bicyclic) bond motifs is 3. The second-order valence-corrected chi connectivity index (χ2v) is 9.28. The maximum Gasteiger partial charge on any atom is 0.309 e. The Balaban J connectivity index is 1.81. The molecule has 2 bridgehead atoms. The largest absolute Gasteiger partial charge is 0.481 e. The van der Waals surface area contributed by atoms with Crippen LogP contribution in [0.5, 0.6) is 0 Å². The van der Waals surface area contributed by atoms with Crippen LogP contribution < -0.4 is 0 Å². The molecular weight excluding hydrogens is 288 g/mol. The highest BCUT2D eigenvalue weighted by molar-refractivity contribution is 5.89. The maximum absolute atomic E-state index is 13.2. The van der Waals surface area contributed by atoms with Crippen LogP contribution in [0.1, 0.15) is 65.2 Å². The molecule has 6 atom stereocenters. The molecular formula is C20H28O3. The summed E-state index contributed by atoms with van der Waals surface area (Å²) in [6.45, 7) is 8.45. The molecule has 3 heteroatoms. The van der Waals surface area contributed by atoms with E-state index in [1.54, 1.807) is 0 Å². The van der Waals surface area contributed by atoms with Crippen LogP contribution in [-0.4, -0.2) is 16.9 Å². The minimum atomic E-state index is -0.739. The molecule has 4 aliphatic carbocycles. The summed E-state index contributed by atoms with van der Waals surface area (Å²) in [6.07, 6.45) is 7.32. The van der Waals surface area contributed by atoms with Gasteiger partial charge in [-0.2, -0.15) is 0 Å². The van der Waals surface area contributed by atoms with Gasteiger partial charge in [0.15, 0.2) is 0 Å². The number of Topliss-reactive ketones (excluding diaryl/α,β-unsaturated/α-hetero) is 1. The van der Waals surface area contributed by atoms with Crippen molar-refractivity contribution in [2.75, 3.05) is 0 Å². The number of ketones is 1. The molecule has 4 rings (SSSR count). The van der Waals surface area contributed by atoms with Crippen molar-refractivity contribution in [3.63, 3.8) is 0 Å². The zero-order valence-electron chi connectivity index (χ0n) is 14.4. The van der Waals surface area contributed by atoms with Crippen molar-refractivity contribution in [2.24, 2.45) is 34.0 Å². The fourth-order valence-corrected chi connectivity index (χ4v) is 7.22. The summed E-state index contributed by atoms with van der Waals surface area (Å²) in [4.78, 5) is 25.3. The summed E-state index contributed by atoms with van der Waals surface area (Å²) >= 11 is 0. The third-order valence-corrected chi connectivity index (χ3v) is 8.41. The van der Waals surface area contributed by atoms with Crippen molar-refractivity contribution < 1.29 is 14.7 Å². The number of rotatable bonds is 1. The molecule has 0 aliphatic heterocycles. The number of carbonyl (C=O) groups is 2. The fourth-order valence-electron chi connectivity index (χ4n) is 7.22. The standard InChI is InChI=1S/C20H28O3/c1-12-10-20-11-13(12)5-6-14(20)18(2)7-4-8-19(3,17(22)23)15(18)9-16(20)21/h13-15H,1,4-11H2,2-3H3,(H,22,23). The molecule has 126 valence electrons. The highest BCUT2D eigenvalue weighted by Gasteiger charge is 2.68. The molecule has 0 aromatic heterocycles. The average Bonchev–Trinajstić information content (AvgIpc) is 2.73. The molecule has 0 heterocycles. The molecule has 0 saturated heterocycles. The number of aliphatic carboxylic acids is 1. The van der Waals surface area contributed by atoms with E-state index in [1.807, 2.05) is 6.92 Å². The number of carboxylic acid groups (broad SMARTS) is 1. The first kappa shape index (κ1) is 15.4. The first-order chi connectivity index (χ1) is 10.7. The molecule has 1 N–H and O–H groups in total. The minimum Gasteiger partial charge on any atom is -0.481 e. The molecule has 0 aromatic carbocycles. The zero-order chi connectivity index (χ0) is 16.6. The Morgan fingerprint density at radius 1 is 1.22 bits per heavy atom. The molecule has 4 fully saturated rings. The van der Waals surface area contributed by atoms with Crippen molar-refractivity contribution >= 4 is 11.8 Å². The molecule has 0 amide bonds. The van der Waals surface area contributed by atoms with E-state index in [4.69, 9.17) is 0 Å². The Morgan fingerprint density at radius 2 is 1.96 bits per heavy atom. The van der Waals surface area contributed by atoms with Crippen LogP contribution in [0.25, 0.3) is 0 Å². The third kappa shape index (κ3) is 1.71. The van der Waals surface area contributed by atoms with Crippen LogP contribution >= 0.6 is 0 Å². The van der Waals surface area contributed by atoms with Crippen molar-refractivity contribution in [1.82, 2.24) is 0 Å². The lowest BCUT2D eigenvalue weighted by Gasteiger charge is -2.62. The van der Waals surface area contributed by atoms with E-state index in [0.717, 1.165) is 38.5 Å². The van der Waals surface area contributed by atoms with E-state index in [9.17, 15) is 14.7 Å². The van der Waals surface area contributed by atoms with E-state index in [2.05, 4.69) is 13.5 Å². The lowest BCUT2D eigenvalue weighted by Crippen LogP contribution is -2.61. The number of hydrogen-bond donors (Lipinski definition) is 1. The molecule has 3 nitrogen and oxygen atoms in total. The van der Waals surface area contributed by atoms with E-state index >= 15 is 0 Å². The van der Waals surface area contributed by atoms with Crippen molar-refractivity contribution in [3.8, 4) is 0 Å². The normalized spacial score (nSPS) is 52.0. The summed E-state index contributed by atoms with van der Waals surface area (Å²) < 4.78 is 0. The predicted octanol–water partition coefficient (Wildman–Crippen LogP) is 4.22. The van der Waals surface area contributed by atoms with Crippen molar-refractivity contribution in [1.29, 1.82) is 0 Å². The Bertz CT molecular complexity index is 608. The maximum atomic E-state index is 13.2. The van der Waals surface area contributed by atoms with Gasteiger partial charge in [0.1, 0.15) is 5.78 Å². The third-order valence-electron chi connectivity index (χ3n) is 8.41. The van der Waals surface area contributed by atoms with Crippen molar-refractivity contribution in [3.05, 3.63) is 12.2 Å². The summed E-state index contributed by atoms with van der Waals surface area (Å²) in [5.41, 5.74) is 0.327. The number of hydrogen-bond acceptors (Lipinski definition) is 2. The smallest absolute Gasteiger partial charge is 0.309 e. The molecule has 1 spiro atoms. The summed E-state index contributed by atoms with van der Waals surface area (Å²) in [5.74, 6) is 0.528. The van der Waals surface area contributed by atoms with E-state index < -0.39 is 11.4 Å². The van der Waals surface area contributed by atoms with Crippen LogP contribution in [0, 0.1) is 34.0 Å². The first-order valence-corrected chi connectivity index (χ1v) is 9.18. The van der Waals surface area contributed by atoms with Gasteiger partial charge in [-0.25, -0.2) is 0 Å². The topological polar surface area (TPSA) is 54.4 Å². The number of carboxylic acids is 1. The van der Waals surface area contributed by atoms with Gasteiger partial charge >= 0.3 is 5.97 Å². The predicted molar refractivity (Wildman–Crippen MR) is 87.8 cm³/mol. The van der Waals surface area contributed by atoms with Gasteiger partial charge < -0.3 is 5.11 Å². The lowest BCUT2D eigenvalue weighted by molar-refractivity contribution is -0.184. The molecule has 4 saturated carbocycles. The van der Waals surface area contributed by atoms with Gasteiger partial charge in [-0.3, -0.25) is 9.59 Å². The Morgan fingerprint density at radius 3 is 2.65 bits per heavy atom. The van der Waals surface area contributed by atoms with E-state index in [1.165, 1.54) is 5.57 Å². The Kier molecular flexibility index (Phi) is 3.01. The monoisotopic (exact) mass is 316 g/mol. The SMILES string of the molecule is C=C1CC23CC1CCC2C1(C)CCCC(C)(C(=O)O)C1CC3=O. The molecule has 23 heavy (non-hydrogen) atoms. The average molecular weight is 316 g/mol. The van der Waals surface area contributed by atoms with Crippen LogP contribution in [0.2, 0.25) is 0 Å². The van der Waals surface area contributed by atoms with Crippen molar-refractivity contribution in [2.45, 2.75) is 65.2 Å². The van der Waals surface area contributed by atoms with Gasteiger partial charge in [0.05, 0.1) is 5.41 Å². The van der Waals surface area contributed by atoms with E-state index in [-0.39, 0.29) is 16.7 Å². The minimum absolute atomic E-state index is 0.00482. The lowest BCUT2D eigenvalue weighted by atomic mass is 9.40. The Hall–Kier alpha value is -1.12. The van der Waals surface area contributed by atoms with Gasteiger partial charge in [-0.1, -0.05) is 25.5 Å². The first-order valence-electron chi connectivity index (χ1n) is 9.18. The molecule has 4 aliphatic rings. The molecule has 0 radical (unpaired) electrons. The zero-order valence-corrected chi connectivity index (χ0v) is 14.4. The van der Waals surface area contributed by atoms with Gasteiger partial charge in [-0.05, 0) is 68.6 Å². The van der Waals surface area contributed by atoms with Crippen LogP contribution in [0.4, 0.5) is 0 Å². The second kappa shape index (κ2) is 4.49. The summed E-state index contributed by atoms with van der Waals surface area (Å²) in [6, 6.07) is 0. The quantitative estimate of drug-likeness (QED) is 0.737. The Labute approximate surface area is 138 Å².